The van der Waals surface area contributed by atoms with E-state index in [0.717, 1.165) is 48.3 Å². The van der Waals surface area contributed by atoms with Gasteiger partial charge in [-0.15, -0.1) is 0 Å². The van der Waals surface area contributed by atoms with Crippen molar-refractivity contribution in [2.45, 2.75) is 18.8 Å². The summed E-state index contributed by atoms with van der Waals surface area (Å²) in [5, 5.41) is 13.3. The van der Waals surface area contributed by atoms with Gasteiger partial charge in [-0.25, -0.2) is 9.97 Å². The molecule has 1 aliphatic heterocycles. The molecule has 1 aliphatic rings. The van der Waals surface area contributed by atoms with Gasteiger partial charge in [0.05, 0.1) is 6.61 Å². The topological polar surface area (TPSA) is 61.3 Å². The van der Waals surface area contributed by atoms with E-state index in [1.807, 2.05) is 30.6 Å². The van der Waals surface area contributed by atoms with Crippen molar-refractivity contribution in [3.63, 3.8) is 0 Å². The fourth-order valence-electron chi connectivity index (χ4n) is 3.67. The summed E-state index contributed by atoms with van der Waals surface area (Å²) in [5.74, 6) is 1.39. The van der Waals surface area contributed by atoms with Gasteiger partial charge >= 0.3 is 0 Å². The van der Waals surface area contributed by atoms with Gasteiger partial charge in [0.1, 0.15) is 5.82 Å². The molecule has 0 atom stereocenters. The van der Waals surface area contributed by atoms with E-state index in [2.05, 4.69) is 56.6 Å². The van der Waals surface area contributed by atoms with Crippen LogP contribution in [0.15, 0.2) is 54.9 Å². The second kappa shape index (κ2) is 9.78. The van der Waals surface area contributed by atoms with Gasteiger partial charge in [-0.1, -0.05) is 47.7 Å². The molecule has 3 aromatic rings. The number of hydrogen-bond acceptors (Lipinski definition) is 6. The highest BCUT2D eigenvalue weighted by Crippen LogP contribution is 2.30. The second-order valence-corrected chi connectivity index (χ2v) is 8.31. The maximum absolute atomic E-state index is 9.10. The van der Waals surface area contributed by atoms with Crippen LogP contribution in [0.1, 0.15) is 34.8 Å². The zero-order valence-corrected chi connectivity index (χ0v) is 17.2. The number of rotatable bonds is 7. The average Bonchev–Trinajstić information content (AvgIpc) is 3.21. The molecular weight excluding hydrogens is 380 g/mol. The molecule has 1 aromatic carbocycles. The minimum Gasteiger partial charge on any atom is -0.395 e. The number of likely N-dealkylation sites (tertiary alicyclic amines) is 1. The Kier molecular flexibility index (Phi) is 6.67. The maximum Gasteiger partial charge on any atom is 0.188 e. The lowest BCUT2D eigenvalue weighted by molar-refractivity contribution is 0.164. The van der Waals surface area contributed by atoms with Gasteiger partial charge in [0, 0.05) is 23.8 Å². The summed E-state index contributed by atoms with van der Waals surface area (Å²) in [7, 11) is 0. The maximum atomic E-state index is 9.10. The van der Waals surface area contributed by atoms with Gasteiger partial charge < -0.3 is 15.3 Å². The number of aliphatic hydroxyl groups is 1. The number of pyridine rings is 1. The Balaban J connectivity index is 1.37. The Bertz CT molecular complexity index is 933. The molecule has 0 radical (unpaired) electrons. The standard InChI is InChI=1S/C23H26N4OS/c28-15-14-27-12-9-19(10-13-27)20-8-11-24-22(16-20)26-23-25-17-21(29-23)7-6-18-4-2-1-3-5-18/h1-8,11,16-17,19,28H,9-10,12-15H2,(H,24,25,26). The third kappa shape index (κ3) is 5.50. The number of anilines is 2. The summed E-state index contributed by atoms with van der Waals surface area (Å²) >= 11 is 1.61. The van der Waals surface area contributed by atoms with Gasteiger partial charge in [0.25, 0.3) is 0 Å². The lowest BCUT2D eigenvalue weighted by Gasteiger charge is -2.31. The van der Waals surface area contributed by atoms with E-state index in [0.29, 0.717) is 5.92 Å². The lowest BCUT2D eigenvalue weighted by Crippen LogP contribution is -2.34. The number of thiazole rings is 1. The molecule has 0 unspecified atom stereocenters. The number of benzene rings is 1. The molecule has 2 N–H and O–H groups in total. The number of β-amino-alcohol motifs (C(OH)–C–C–N with tert-alkyl or cyclic N) is 1. The zero-order valence-electron chi connectivity index (χ0n) is 16.4. The molecular formula is C23H26N4OS. The first-order valence-electron chi connectivity index (χ1n) is 10.1. The number of hydrogen-bond donors (Lipinski definition) is 2. The van der Waals surface area contributed by atoms with Crippen molar-refractivity contribution >= 4 is 34.4 Å². The quantitative estimate of drug-likeness (QED) is 0.599. The molecule has 1 saturated heterocycles. The van der Waals surface area contributed by atoms with E-state index in [4.69, 9.17) is 5.11 Å². The van der Waals surface area contributed by atoms with Crippen LogP contribution >= 0.6 is 11.3 Å². The number of aliphatic hydroxyl groups excluding tert-OH is 1. The monoisotopic (exact) mass is 406 g/mol. The number of piperidine rings is 1. The highest BCUT2D eigenvalue weighted by Gasteiger charge is 2.20. The first-order valence-corrected chi connectivity index (χ1v) is 10.9. The van der Waals surface area contributed by atoms with Crippen molar-refractivity contribution in [1.29, 1.82) is 0 Å². The predicted octanol–water partition coefficient (Wildman–Crippen LogP) is 4.62. The van der Waals surface area contributed by atoms with Crippen LogP contribution in [0.25, 0.3) is 12.2 Å². The van der Waals surface area contributed by atoms with Crippen molar-refractivity contribution < 1.29 is 5.11 Å². The molecule has 1 fully saturated rings. The molecule has 0 aliphatic carbocycles. The Morgan fingerprint density at radius 3 is 2.72 bits per heavy atom. The van der Waals surface area contributed by atoms with Crippen LogP contribution in [-0.4, -0.2) is 46.2 Å². The molecule has 4 rings (SSSR count). The van der Waals surface area contributed by atoms with Crippen LogP contribution in [0.4, 0.5) is 10.9 Å². The van der Waals surface area contributed by atoms with Crippen LogP contribution in [-0.2, 0) is 0 Å². The molecule has 2 aromatic heterocycles. The van der Waals surface area contributed by atoms with Gasteiger partial charge in [0.15, 0.2) is 5.13 Å². The SMILES string of the molecule is OCCN1CCC(c2ccnc(Nc3ncc(C=Cc4ccccc4)s3)c2)CC1. The van der Waals surface area contributed by atoms with Crippen molar-refractivity contribution in [2.75, 3.05) is 31.6 Å². The summed E-state index contributed by atoms with van der Waals surface area (Å²) in [4.78, 5) is 12.4. The van der Waals surface area contributed by atoms with Crippen LogP contribution in [0.5, 0.6) is 0 Å². The van der Waals surface area contributed by atoms with E-state index in [-0.39, 0.29) is 6.61 Å². The number of nitrogens with one attached hydrogen (secondary N) is 1. The largest absolute Gasteiger partial charge is 0.395 e. The summed E-state index contributed by atoms with van der Waals surface area (Å²) in [6, 6.07) is 14.5. The fourth-order valence-corrected chi connectivity index (χ4v) is 4.40. The molecule has 5 nitrogen and oxygen atoms in total. The highest BCUT2D eigenvalue weighted by molar-refractivity contribution is 7.16. The van der Waals surface area contributed by atoms with Crippen LogP contribution in [0.3, 0.4) is 0 Å². The molecule has 6 heteroatoms. The van der Waals surface area contributed by atoms with E-state index in [1.165, 1.54) is 11.1 Å². The Hall–Kier alpha value is -2.54. The lowest BCUT2D eigenvalue weighted by atomic mass is 9.90. The average molecular weight is 407 g/mol. The van der Waals surface area contributed by atoms with Crippen molar-refractivity contribution in [1.82, 2.24) is 14.9 Å². The summed E-state index contributed by atoms with van der Waals surface area (Å²) in [6.07, 6.45) is 10.2. The minimum atomic E-state index is 0.240. The molecule has 150 valence electrons. The second-order valence-electron chi connectivity index (χ2n) is 7.25. The third-order valence-corrected chi connectivity index (χ3v) is 6.14. The molecule has 0 saturated carbocycles. The van der Waals surface area contributed by atoms with Gasteiger partial charge in [0.2, 0.25) is 0 Å². The molecule has 0 amide bonds. The normalized spacial score (nSPS) is 15.8. The van der Waals surface area contributed by atoms with Gasteiger partial charge in [-0.2, -0.15) is 0 Å². The predicted molar refractivity (Wildman–Crippen MR) is 121 cm³/mol. The Morgan fingerprint density at radius 1 is 1.10 bits per heavy atom. The summed E-state index contributed by atoms with van der Waals surface area (Å²) in [5.41, 5.74) is 2.50. The molecule has 0 bridgehead atoms. The Morgan fingerprint density at radius 2 is 1.93 bits per heavy atom. The van der Waals surface area contributed by atoms with E-state index in [9.17, 15) is 0 Å². The summed E-state index contributed by atoms with van der Waals surface area (Å²) in [6.45, 7) is 3.10. The summed E-state index contributed by atoms with van der Waals surface area (Å²) < 4.78 is 0. The first-order chi connectivity index (χ1) is 14.3. The van der Waals surface area contributed by atoms with Gasteiger partial charge in [-0.05, 0) is 61.2 Å². The first kappa shape index (κ1) is 19.8. The molecule has 3 heterocycles. The van der Waals surface area contributed by atoms with Crippen LogP contribution < -0.4 is 5.32 Å². The fraction of sp³-hybridized carbons (Fsp3) is 0.304. The highest BCUT2D eigenvalue weighted by atomic mass is 32.1. The third-order valence-electron chi connectivity index (χ3n) is 5.26. The van der Waals surface area contributed by atoms with E-state index < -0.39 is 0 Å². The minimum absolute atomic E-state index is 0.240. The zero-order chi connectivity index (χ0) is 19.9. The molecule has 0 spiro atoms. The van der Waals surface area contributed by atoms with E-state index in [1.54, 1.807) is 11.3 Å². The smallest absolute Gasteiger partial charge is 0.188 e. The van der Waals surface area contributed by atoms with Crippen molar-refractivity contribution in [2.24, 2.45) is 0 Å². The van der Waals surface area contributed by atoms with Crippen LogP contribution in [0, 0.1) is 0 Å². The number of nitrogens with zero attached hydrogens (tertiary/aromatic N) is 3. The van der Waals surface area contributed by atoms with Crippen LogP contribution in [0.2, 0.25) is 0 Å². The van der Waals surface area contributed by atoms with Crippen molar-refractivity contribution in [3.8, 4) is 0 Å². The molecule has 29 heavy (non-hydrogen) atoms. The van der Waals surface area contributed by atoms with E-state index >= 15 is 0 Å². The van der Waals surface area contributed by atoms with Crippen molar-refractivity contribution in [3.05, 3.63) is 70.9 Å². The van der Waals surface area contributed by atoms with Gasteiger partial charge in [-0.3, -0.25) is 0 Å². The number of aromatic nitrogens is 2. The Labute approximate surface area is 175 Å².